The summed E-state index contributed by atoms with van der Waals surface area (Å²) in [5, 5.41) is 0.697. The number of aromatic amines is 1. The third-order valence-electron chi connectivity index (χ3n) is 7.24. The summed E-state index contributed by atoms with van der Waals surface area (Å²) in [4.78, 5) is 43.6. The van der Waals surface area contributed by atoms with Gasteiger partial charge in [0, 0.05) is 23.9 Å². The highest BCUT2D eigenvalue weighted by molar-refractivity contribution is 7.89. The molecule has 1 aliphatic heterocycles. The second-order valence-corrected chi connectivity index (χ2v) is 13.2. The van der Waals surface area contributed by atoms with Crippen molar-refractivity contribution in [1.82, 2.24) is 14.6 Å². The number of rotatable bonds is 6. The number of sulfonamides is 1. The molecule has 2 aliphatic rings. The molecule has 1 aliphatic carbocycles. The number of likely N-dealkylation sites (tertiary alicyclic amines) is 1. The van der Waals surface area contributed by atoms with Crippen LogP contribution in [-0.4, -0.2) is 60.5 Å². The standard InChI is InChI=1S/C27H37N3O6S/c1-27(2,3)36-26(33)30-13-12-20(18-8-6-5-7-9-18)24(30)23(31)15-17-10-11-21-19(14-17)16-22(28-21)25(32)29-37(4,34)35/h10-11,14,16,18,20,24,28H,5-9,12-13,15H2,1-4H3,(H,29,32)/t20-,24-/m0/s1. The first-order valence-corrected chi connectivity index (χ1v) is 14.9. The van der Waals surface area contributed by atoms with Gasteiger partial charge in [-0.05, 0) is 62.8 Å². The van der Waals surface area contributed by atoms with Crippen molar-refractivity contribution in [1.29, 1.82) is 0 Å². The molecule has 2 atom stereocenters. The smallest absolute Gasteiger partial charge is 0.410 e. The zero-order valence-corrected chi connectivity index (χ0v) is 22.8. The van der Waals surface area contributed by atoms with Gasteiger partial charge in [-0.2, -0.15) is 0 Å². The maximum Gasteiger partial charge on any atom is 0.410 e. The maximum absolute atomic E-state index is 13.8. The van der Waals surface area contributed by atoms with Gasteiger partial charge in [0.05, 0.1) is 12.3 Å². The lowest BCUT2D eigenvalue weighted by molar-refractivity contribution is -0.124. The van der Waals surface area contributed by atoms with Crippen LogP contribution in [0.2, 0.25) is 0 Å². The van der Waals surface area contributed by atoms with E-state index in [1.807, 2.05) is 37.6 Å². The van der Waals surface area contributed by atoms with Gasteiger partial charge < -0.3 is 9.72 Å². The van der Waals surface area contributed by atoms with E-state index in [4.69, 9.17) is 4.74 Å². The number of benzene rings is 1. The van der Waals surface area contributed by atoms with Crippen LogP contribution in [-0.2, 0) is 26.0 Å². The number of carbonyl (C=O) groups excluding carboxylic acids is 3. The van der Waals surface area contributed by atoms with E-state index in [1.165, 1.54) is 6.42 Å². The molecule has 202 valence electrons. The van der Waals surface area contributed by atoms with Gasteiger partial charge in [-0.1, -0.05) is 38.2 Å². The Kier molecular flexibility index (Phi) is 7.69. The highest BCUT2D eigenvalue weighted by atomic mass is 32.2. The topological polar surface area (TPSA) is 126 Å². The van der Waals surface area contributed by atoms with Gasteiger partial charge in [-0.15, -0.1) is 0 Å². The first-order valence-electron chi connectivity index (χ1n) is 13.0. The molecule has 2 fully saturated rings. The Bertz CT molecular complexity index is 1290. The normalized spacial score (nSPS) is 21.2. The fraction of sp³-hybridized carbons (Fsp3) is 0.593. The summed E-state index contributed by atoms with van der Waals surface area (Å²) in [6.45, 7) is 6.00. The molecule has 2 N–H and O–H groups in total. The number of nitrogens with zero attached hydrogens (tertiary/aromatic N) is 1. The number of aromatic nitrogens is 1. The molecule has 37 heavy (non-hydrogen) atoms. The van der Waals surface area contributed by atoms with Crippen LogP contribution in [0.25, 0.3) is 10.9 Å². The van der Waals surface area contributed by atoms with E-state index in [-0.39, 0.29) is 23.8 Å². The first kappa shape index (κ1) is 27.2. The summed E-state index contributed by atoms with van der Waals surface area (Å²) < 4.78 is 30.4. The summed E-state index contributed by atoms with van der Waals surface area (Å²) in [5.74, 6) is -0.199. The number of ether oxygens (including phenoxy) is 1. The number of hydrogen-bond donors (Lipinski definition) is 2. The summed E-state index contributed by atoms with van der Waals surface area (Å²) in [5.41, 5.74) is 0.901. The minimum absolute atomic E-state index is 0.0103. The van der Waals surface area contributed by atoms with Crippen LogP contribution in [0.5, 0.6) is 0 Å². The highest BCUT2D eigenvalue weighted by Gasteiger charge is 2.46. The van der Waals surface area contributed by atoms with E-state index in [1.54, 1.807) is 17.0 Å². The number of nitrogens with one attached hydrogen (secondary N) is 2. The Labute approximate surface area is 218 Å². The molecule has 2 amide bonds. The number of fused-ring (bicyclic) bond motifs is 1. The summed E-state index contributed by atoms with van der Waals surface area (Å²) in [6, 6.07) is 6.46. The molecule has 0 spiro atoms. The summed E-state index contributed by atoms with van der Waals surface area (Å²) >= 11 is 0. The molecule has 9 nitrogen and oxygen atoms in total. The lowest BCUT2D eigenvalue weighted by Gasteiger charge is -2.34. The number of H-pyrrole nitrogens is 1. The van der Waals surface area contributed by atoms with Crippen LogP contribution in [0.1, 0.15) is 75.3 Å². The van der Waals surface area contributed by atoms with E-state index in [2.05, 4.69) is 4.98 Å². The second-order valence-electron chi connectivity index (χ2n) is 11.4. The van der Waals surface area contributed by atoms with E-state index in [0.717, 1.165) is 43.9 Å². The van der Waals surface area contributed by atoms with Crippen molar-refractivity contribution < 1.29 is 27.5 Å². The van der Waals surface area contributed by atoms with Crippen LogP contribution < -0.4 is 4.72 Å². The maximum atomic E-state index is 13.8. The van der Waals surface area contributed by atoms with Gasteiger partial charge in [0.2, 0.25) is 10.0 Å². The lowest BCUT2D eigenvalue weighted by Crippen LogP contribution is -2.47. The fourth-order valence-electron chi connectivity index (χ4n) is 5.75. The van der Waals surface area contributed by atoms with Gasteiger partial charge in [-0.3, -0.25) is 14.5 Å². The van der Waals surface area contributed by atoms with Crippen molar-refractivity contribution in [3.8, 4) is 0 Å². The van der Waals surface area contributed by atoms with Crippen molar-refractivity contribution >= 4 is 38.7 Å². The van der Waals surface area contributed by atoms with Gasteiger partial charge >= 0.3 is 6.09 Å². The molecule has 1 aromatic carbocycles. The van der Waals surface area contributed by atoms with Gasteiger partial charge in [0.25, 0.3) is 5.91 Å². The van der Waals surface area contributed by atoms with Gasteiger partial charge in [0.1, 0.15) is 11.3 Å². The van der Waals surface area contributed by atoms with Crippen LogP contribution in [0.3, 0.4) is 0 Å². The average molecular weight is 532 g/mol. The van der Waals surface area contributed by atoms with Crippen molar-refractivity contribution in [2.24, 2.45) is 11.8 Å². The average Bonchev–Trinajstić information content (AvgIpc) is 3.42. The van der Waals surface area contributed by atoms with E-state index < -0.39 is 33.7 Å². The molecule has 0 unspecified atom stereocenters. The van der Waals surface area contributed by atoms with Crippen molar-refractivity contribution in [3.05, 3.63) is 35.5 Å². The lowest BCUT2D eigenvalue weighted by atomic mass is 9.75. The molecular weight excluding hydrogens is 494 g/mol. The third-order valence-corrected chi connectivity index (χ3v) is 7.80. The van der Waals surface area contributed by atoms with Gasteiger partial charge in [0.15, 0.2) is 5.78 Å². The second kappa shape index (κ2) is 10.5. The molecule has 0 radical (unpaired) electrons. The predicted molar refractivity (Wildman–Crippen MR) is 141 cm³/mol. The van der Waals surface area contributed by atoms with Crippen LogP contribution in [0, 0.1) is 11.8 Å². The van der Waals surface area contributed by atoms with E-state index in [9.17, 15) is 22.8 Å². The van der Waals surface area contributed by atoms with Crippen molar-refractivity contribution in [2.75, 3.05) is 12.8 Å². The first-order chi connectivity index (χ1) is 17.3. The van der Waals surface area contributed by atoms with Crippen LogP contribution in [0.15, 0.2) is 24.3 Å². The fourth-order valence-corrected chi connectivity index (χ4v) is 6.20. The largest absolute Gasteiger partial charge is 0.444 e. The minimum Gasteiger partial charge on any atom is -0.444 e. The van der Waals surface area contributed by atoms with Crippen LogP contribution in [0.4, 0.5) is 4.79 Å². The number of hydrogen-bond acceptors (Lipinski definition) is 6. The van der Waals surface area contributed by atoms with Crippen LogP contribution >= 0.6 is 0 Å². The molecule has 2 heterocycles. The third kappa shape index (κ3) is 6.71. The molecule has 1 saturated heterocycles. The summed E-state index contributed by atoms with van der Waals surface area (Å²) in [7, 11) is -3.69. The predicted octanol–water partition coefficient (Wildman–Crippen LogP) is 4.17. The zero-order chi connectivity index (χ0) is 27.0. The summed E-state index contributed by atoms with van der Waals surface area (Å²) in [6.07, 6.45) is 7.15. The molecule has 1 aromatic heterocycles. The molecule has 4 rings (SSSR count). The minimum atomic E-state index is -3.69. The number of ketones is 1. The quantitative estimate of drug-likeness (QED) is 0.576. The number of Topliss-reactive ketones (excluding diaryl/α,β-unsaturated/α-hetero) is 1. The Hall–Kier alpha value is -2.88. The monoisotopic (exact) mass is 531 g/mol. The molecule has 1 saturated carbocycles. The zero-order valence-electron chi connectivity index (χ0n) is 22.0. The Morgan fingerprint density at radius 2 is 1.78 bits per heavy atom. The molecule has 0 bridgehead atoms. The SMILES string of the molecule is CC(C)(C)OC(=O)N1CC[C@@H](C2CCCCC2)[C@H]1C(=O)Cc1ccc2[nH]c(C(=O)NS(C)(=O)=O)cc2c1. The number of amides is 2. The van der Waals surface area contributed by atoms with Gasteiger partial charge in [-0.25, -0.2) is 17.9 Å². The molecular formula is C27H37N3O6S. The number of carbonyl (C=O) groups is 3. The Balaban J connectivity index is 1.56. The molecule has 2 aromatic rings. The Morgan fingerprint density at radius 1 is 1.08 bits per heavy atom. The van der Waals surface area contributed by atoms with Crippen molar-refractivity contribution in [3.63, 3.8) is 0 Å². The Morgan fingerprint density at radius 3 is 2.43 bits per heavy atom. The highest BCUT2D eigenvalue weighted by Crippen LogP contribution is 2.40. The van der Waals surface area contributed by atoms with Crippen molar-refractivity contribution in [2.45, 2.75) is 77.4 Å². The molecule has 10 heteroatoms. The van der Waals surface area contributed by atoms with E-state index >= 15 is 0 Å². The van der Waals surface area contributed by atoms with E-state index in [0.29, 0.717) is 23.4 Å².